The highest BCUT2D eigenvalue weighted by atomic mass is 15.1. The first-order chi connectivity index (χ1) is 12.3. The SMILES string of the molecule is Cc1ccccc1-c1ccc(-c2nc3cc4c[nH]nc4cc3[nH]2)cc1. The molecule has 0 saturated heterocycles. The summed E-state index contributed by atoms with van der Waals surface area (Å²) in [6.45, 7) is 2.14. The molecule has 0 aliphatic heterocycles. The molecule has 0 aliphatic rings. The summed E-state index contributed by atoms with van der Waals surface area (Å²) in [5, 5.41) is 8.18. The summed E-state index contributed by atoms with van der Waals surface area (Å²) >= 11 is 0. The van der Waals surface area contributed by atoms with E-state index in [2.05, 4.69) is 76.7 Å². The maximum Gasteiger partial charge on any atom is 0.138 e. The van der Waals surface area contributed by atoms with Gasteiger partial charge in [0, 0.05) is 17.1 Å². The van der Waals surface area contributed by atoms with E-state index in [0.29, 0.717) is 0 Å². The van der Waals surface area contributed by atoms with Crippen LogP contribution in [0, 0.1) is 6.92 Å². The van der Waals surface area contributed by atoms with Crippen molar-refractivity contribution >= 4 is 21.9 Å². The molecule has 0 atom stereocenters. The molecule has 2 heterocycles. The van der Waals surface area contributed by atoms with Gasteiger partial charge in [-0.1, -0.05) is 48.5 Å². The van der Waals surface area contributed by atoms with Crippen LogP contribution in [0.25, 0.3) is 44.5 Å². The molecule has 120 valence electrons. The van der Waals surface area contributed by atoms with Gasteiger partial charge in [0.2, 0.25) is 0 Å². The smallest absolute Gasteiger partial charge is 0.138 e. The van der Waals surface area contributed by atoms with E-state index < -0.39 is 0 Å². The monoisotopic (exact) mass is 324 g/mol. The van der Waals surface area contributed by atoms with Crippen LogP contribution < -0.4 is 0 Å². The molecular formula is C21H16N4. The second-order valence-electron chi connectivity index (χ2n) is 6.29. The molecule has 4 nitrogen and oxygen atoms in total. The molecule has 0 aliphatic carbocycles. The van der Waals surface area contributed by atoms with Crippen molar-refractivity contribution in [1.29, 1.82) is 0 Å². The van der Waals surface area contributed by atoms with Crippen LogP contribution in [0.4, 0.5) is 0 Å². The van der Waals surface area contributed by atoms with E-state index in [1.807, 2.05) is 12.3 Å². The standard InChI is InChI=1S/C21H16N4/c1-13-4-2-3-5-17(13)14-6-8-15(9-7-14)21-23-19-10-16-12-22-25-18(16)11-20(19)24-21/h2-12H,1H3,(H,22,25)(H,23,24). The molecule has 2 N–H and O–H groups in total. The highest BCUT2D eigenvalue weighted by molar-refractivity contribution is 5.94. The highest BCUT2D eigenvalue weighted by Gasteiger charge is 2.08. The average molecular weight is 324 g/mol. The van der Waals surface area contributed by atoms with Crippen molar-refractivity contribution in [2.45, 2.75) is 6.92 Å². The quantitative estimate of drug-likeness (QED) is 0.475. The van der Waals surface area contributed by atoms with Gasteiger partial charge >= 0.3 is 0 Å². The number of nitrogens with zero attached hydrogens (tertiary/aromatic N) is 2. The molecule has 2 aromatic heterocycles. The Labute approximate surface area is 144 Å². The van der Waals surface area contributed by atoms with Gasteiger partial charge < -0.3 is 4.98 Å². The van der Waals surface area contributed by atoms with E-state index in [1.54, 1.807) is 0 Å². The van der Waals surface area contributed by atoms with Crippen LogP contribution in [0.5, 0.6) is 0 Å². The summed E-state index contributed by atoms with van der Waals surface area (Å²) in [7, 11) is 0. The Hall–Kier alpha value is -3.40. The number of imidazole rings is 1. The molecule has 0 bridgehead atoms. The Bertz CT molecular complexity index is 1150. The van der Waals surface area contributed by atoms with Gasteiger partial charge in [0.1, 0.15) is 5.82 Å². The first-order valence-electron chi connectivity index (χ1n) is 8.28. The second-order valence-corrected chi connectivity index (χ2v) is 6.29. The molecule has 0 unspecified atom stereocenters. The number of benzene rings is 3. The van der Waals surface area contributed by atoms with E-state index in [0.717, 1.165) is 33.3 Å². The van der Waals surface area contributed by atoms with Crippen molar-refractivity contribution in [1.82, 2.24) is 20.2 Å². The average Bonchev–Trinajstić information content (AvgIpc) is 3.26. The molecule has 5 aromatic rings. The number of hydrogen-bond acceptors (Lipinski definition) is 2. The maximum absolute atomic E-state index is 4.74. The molecule has 0 fully saturated rings. The molecular weight excluding hydrogens is 308 g/mol. The van der Waals surface area contributed by atoms with E-state index in [9.17, 15) is 0 Å². The van der Waals surface area contributed by atoms with Gasteiger partial charge in [-0.3, -0.25) is 5.10 Å². The number of fused-ring (bicyclic) bond motifs is 2. The van der Waals surface area contributed by atoms with Gasteiger partial charge in [0.25, 0.3) is 0 Å². The number of aromatic amines is 2. The van der Waals surface area contributed by atoms with Gasteiger partial charge in [0.15, 0.2) is 0 Å². The first-order valence-corrected chi connectivity index (χ1v) is 8.28. The van der Waals surface area contributed by atoms with E-state index in [4.69, 9.17) is 4.98 Å². The topological polar surface area (TPSA) is 57.4 Å². The van der Waals surface area contributed by atoms with Crippen molar-refractivity contribution in [3.05, 3.63) is 72.4 Å². The number of aromatic nitrogens is 4. The van der Waals surface area contributed by atoms with E-state index in [-0.39, 0.29) is 0 Å². The lowest BCUT2D eigenvalue weighted by Crippen LogP contribution is -1.84. The minimum absolute atomic E-state index is 0.878. The number of hydrogen-bond donors (Lipinski definition) is 2. The lowest BCUT2D eigenvalue weighted by atomic mass is 9.99. The third kappa shape index (κ3) is 2.31. The van der Waals surface area contributed by atoms with Gasteiger partial charge in [-0.05, 0) is 35.7 Å². The van der Waals surface area contributed by atoms with Crippen LogP contribution in [-0.4, -0.2) is 20.2 Å². The zero-order valence-electron chi connectivity index (χ0n) is 13.7. The Morgan fingerprint density at radius 2 is 1.64 bits per heavy atom. The van der Waals surface area contributed by atoms with Crippen molar-refractivity contribution in [3.8, 4) is 22.5 Å². The molecule has 5 rings (SSSR count). The third-order valence-electron chi connectivity index (χ3n) is 4.65. The molecule has 0 radical (unpaired) electrons. The van der Waals surface area contributed by atoms with Crippen molar-refractivity contribution in [3.63, 3.8) is 0 Å². The predicted molar refractivity (Wildman–Crippen MR) is 101 cm³/mol. The molecule has 0 saturated carbocycles. The molecule has 3 aromatic carbocycles. The first kappa shape index (κ1) is 14.0. The van der Waals surface area contributed by atoms with Crippen molar-refractivity contribution < 1.29 is 0 Å². The Morgan fingerprint density at radius 3 is 2.48 bits per heavy atom. The van der Waals surface area contributed by atoms with Crippen LogP contribution >= 0.6 is 0 Å². The normalized spacial score (nSPS) is 11.4. The number of aryl methyl sites for hydroxylation is 1. The second kappa shape index (κ2) is 5.31. The van der Waals surface area contributed by atoms with Crippen LogP contribution in [-0.2, 0) is 0 Å². The fraction of sp³-hybridized carbons (Fsp3) is 0.0476. The highest BCUT2D eigenvalue weighted by Crippen LogP contribution is 2.27. The summed E-state index contributed by atoms with van der Waals surface area (Å²) < 4.78 is 0. The lowest BCUT2D eigenvalue weighted by molar-refractivity contribution is 1.12. The zero-order valence-corrected chi connectivity index (χ0v) is 13.7. The molecule has 25 heavy (non-hydrogen) atoms. The summed E-state index contributed by atoms with van der Waals surface area (Å²) in [6.07, 6.45) is 1.89. The summed E-state index contributed by atoms with van der Waals surface area (Å²) in [5.41, 5.74) is 7.73. The molecule has 4 heteroatoms. The van der Waals surface area contributed by atoms with E-state index >= 15 is 0 Å². The van der Waals surface area contributed by atoms with Crippen molar-refractivity contribution in [2.24, 2.45) is 0 Å². The third-order valence-corrected chi connectivity index (χ3v) is 4.65. The summed E-state index contributed by atoms with van der Waals surface area (Å²) in [6, 6.07) is 21.0. The summed E-state index contributed by atoms with van der Waals surface area (Å²) in [4.78, 5) is 8.13. The van der Waals surface area contributed by atoms with Gasteiger partial charge in [-0.2, -0.15) is 5.10 Å². The Kier molecular flexibility index (Phi) is 2.97. The van der Waals surface area contributed by atoms with E-state index in [1.165, 1.54) is 16.7 Å². The maximum atomic E-state index is 4.74. The van der Waals surface area contributed by atoms with Crippen LogP contribution in [0.15, 0.2) is 66.9 Å². The minimum atomic E-state index is 0.878. The summed E-state index contributed by atoms with van der Waals surface area (Å²) in [5.74, 6) is 0.878. The fourth-order valence-corrected chi connectivity index (χ4v) is 3.29. The van der Waals surface area contributed by atoms with Crippen LogP contribution in [0.3, 0.4) is 0 Å². The van der Waals surface area contributed by atoms with Gasteiger partial charge in [-0.15, -0.1) is 0 Å². The van der Waals surface area contributed by atoms with Crippen LogP contribution in [0.2, 0.25) is 0 Å². The minimum Gasteiger partial charge on any atom is -0.338 e. The fourth-order valence-electron chi connectivity index (χ4n) is 3.29. The molecule has 0 spiro atoms. The van der Waals surface area contributed by atoms with Crippen LogP contribution in [0.1, 0.15) is 5.56 Å². The molecule has 0 amide bonds. The zero-order chi connectivity index (χ0) is 16.8. The Balaban J connectivity index is 1.56. The largest absolute Gasteiger partial charge is 0.338 e. The lowest BCUT2D eigenvalue weighted by Gasteiger charge is -2.06. The Morgan fingerprint density at radius 1 is 0.840 bits per heavy atom. The van der Waals surface area contributed by atoms with Gasteiger partial charge in [-0.25, -0.2) is 4.98 Å². The predicted octanol–water partition coefficient (Wildman–Crippen LogP) is 5.08. The van der Waals surface area contributed by atoms with Gasteiger partial charge in [0.05, 0.1) is 16.6 Å². The number of rotatable bonds is 2. The van der Waals surface area contributed by atoms with Crippen molar-refractivity contribution in [2.75, 3.05) is 0 Å². The number of H-pyrrole nitrogens is 2. The number of nitrogens with one attached hydrogen (secondary N) is 2.